The van der Waals surface area contributed by atoms with Crippen LogP contribution in [0.4, 0.5) is 5.69 Å². The number of thioether (sulfide) groups is 1. The lowest BCUT2D eigenvalue weighted by Crippen LogP contribution is -2.23. The van der Waals surface area contributed by atoms with Crippen LogP contribution in [0, 0.1) is 20.8 Å². The number of aromatic nitrogens is 1. The monoisotopic (exact) mass is 501 g/mol. The highest BCUT2D eigenvalue weighted by Gasteiger charge is 2.31. The molecule has 1 aliphatic rings. The Kier molecular flexibility index (Phi) is 6.71. The topological polar surface area (TPSA) is 74.9 Å². The zero-order valence-electron chi connectivity index (χ0n) is 21.7. The van der Waals surface area contributed by atoms with Gasteiger partial charge in [0.1, 0.15) is 0 Å². The number of carbonyl (C=O) groups excluding carboxylic acids is 1. The van der Waals surface area contributed by atoms with Crippen LogP contribution in [0.5, 0.6) is 0 Å². The molecule has 0 unspecified atom stereocenters. The van der Waals surface area contributed by atoms with Crippen molar-refractivity contribution >= 4 is 40.6 Å². The number of amides is 1. The molecule has 7 heteroatoms. The Morgan fingerprint density at radius 1 is 1.03 bits per heavy atom. The van der Waals surface area contributed by atoms with E-state index >= 15 is 0 Å². The molecule has 1 fully saturated rings. The van der Waals surface area contributed by atoms with Crippen LogP contribution in [0.2, 0.25) is 0 Å². The lowest BCUT2D eigenvalue weighted by atomic mass is 9.87. The van der Waals surface area contributed by atoms with E-state index in [1.165, 1.54) is 28.3 Å². The van der Waals surface area contributed by atoms with E-state index in [0.29, 0.717) is 15.8 Å². The lowest BCUT2D eigenvalue weighted by Gasteiger charge is -2.20. The summed E-state index contributed by atoms with van der Waals surface area (Å²) in [5.41, 5.74) is 7.11. The number of hydrogen-bond donors (Lipinski definition) is 1. The normalized spacial score (nSPS) is 16.4. The number of aliphatic imine (C=N–C) groups is 1. The van der Waals surface area contributed by atoms with Crippen LogP contribution < -0.4 is 0 Å². The van der Waals surface area contributed by atoms with Gasteiger partial charge < -0.3 is 9.67 Å². The highest BCUT2D eigenvalue weighted by Crippen LogP contribution is 2.35. The van der Waals surface area contributed by atoms with Gasteiger partial charge in [-0.1, -0.05) is 39.0 Å². The molecule has 1 aromatic heterocycles. The molecule has 3 aromatic rings. The third kappa shape index (κ3) is 4.88. The summed E-state index contributed by atoms with van der Waals surface area (Å²) in [7, 11) is 1.69. The van der Waals surface area contributed by atoms with Gasteiger partial charge in [-0.2, -0.15) is 0 Å². The third-order valence-corrected chi connectivity index (χ3v) is 7.48. The zero-order valence-corrected chi connectivity index (χ0v) is 22.5. The van der Waals surface area contributed by atoms with Crippen molar-refractivity contribution in [2.24, 2.45) is 4.99 Å². The van der Waals surface area contributed by atoms with Gasteiger partial charge in [0.15, 0.2) is 5.17 Å². The lowest BCUT2D eigenvalue weighted by molar-refractivity contribution is -0.121. The maximum absolute atomic E-state index is 13.0. The second kappa shape index (κ2) is 9.47. The van der Waals surface area contributed by atoms with Crippen LogP contribution in [0.1, 0.15) is 59.2 Å². The van der Waals surface area contributed by atoms with E-state index in [-0.39, 0.29) is 16.9 Å². The fraction of sp³-hybridized carbons (Fsp3) is 0.276. The second-order valence-electron chi connectivity index (χ2n) is 10.1. The van der Waals surface area contributed by atoms with E-state index in [9.17, 15) is 14.7 Å². The van der Waals surface area contributed by atoms with Crippen LogP contribution >= 0.6 is 11.8 Å². The first kappa shape index (κ1) is 25.5. The van der Waals surface area contributed by atoms with Gasteiger partial charge in [0.2, 0.25) is 0 Å². The van der Waals surface area contributed by atoms with Gasteiger partial charge in [-0.15, -0.1) is 0 Å². The molecule has 0 aliphatic carbocycles. The van der Waals surface area contributed by atoms with E-state index in [0.717, 1.165) is 28.2 Å². The molecule has 2 aromatic carbocycles. The number of amidine groups is 1. The molecule has 1 aliphatic heterocycles. The molecule has 2 heterocycles. The molecule has 0 saturated carbocycles. The van der Waals surface area contributed by atoms with Gasteiger partial charge in [-0.25, -0.2) is 9.79 Å². The number of aromatic carboxylic acids is 1. The van der Waals surface area contributed by atoms with Gasteiger partial charge in [0.25, 0.3) is 5.91 Å². The Labute approximate surface area is 216 Å². The predicted molar refractivity (Wildman–Crippen MR) is 148 cm³/mol. The maximum atomic E-state index is 13.0. The zero-order chi connectivity index (χ0) is 26.4. The highest BCUT2D eigenvalue weighted by molar-refractivity contribution is 8.18. The molecule has 0 radical (unpaired) electrons. The number of carboxylic acid groups (broad SMARTS) is 1. The Balaban J connectivity index is 1.67. The van der Waals surface area contributed by atoms with Gasteiger partial charge >= 0.3 is 5.97 Å². The third-order valence-electron chi connectivity index (χ3n) is 6.42. The fourth-order valence-electron chi connectivity index (χ4n) is 4.20. The molecule has 4 rings (SSSR count). The van der Waals surface area contributed by atoms with E-state index < -0.39 is 5.97 Å². The molecule has 1 saturated heterocycles. The number of likely N-dealkylation sites (N-methyl/N-ethyl adjacent to an activating group) is 1. The Morgan fingerprint density at radius 3 is 2.31 bits per heavy atom. The van der Waals surface area contributed by atoms with Crippen molar-refractivity contribution in [3.63, 3.8) is 0 Å². The molecule has 6 nitrogen and oxygen atoms in total. The Hall–Kier alpha value is -3.58. The second-order valence-corrected chi connectivity index (χ2v) is 11.1. The summed E-state index contributed by atoms with van der Waals surface area (Å²) in [6.45, 7) is 12.6. The first-order chi connectivity index (χ1) is 16.9. The molecule has 186 valence electrons. The summed E-state index contributed by atoms with van der Waals surface area (Å²) >= 11 is 1.29. The molecule has 0 atom stereocenters. The van der Waals surface area contributed by atoms with Crippen LogP contribution in [-0.2, 0) is 10.2 Å². The Morgan fingerprint density at radius 2 is 1.69 bits per heavy atom. The van der Waals surface area contributed by atoms with Crippen molar-refractivity contribution in [3.8, 4) is 5.69 Å². The summed E-state index contributed by atoms with van der Waals surface area (Å²) in [4.78, 5) is 31.1. The van der Waals surface area contributed by atoms with Crippen LogP contribution in [0.3, 0.4) is 0 Å². The van der Waals surface area contributed by atoms with Crippen molar-refractivity contribution in [1.29, 1.82) is 0 Å². The van der Waals surface area contributed by atoms with Crippen molar-refractivity contribution in [2.45, 2.75) is 47.0 Å². The van der Waals surface area contributed by atoms with Crippen molar-refractivity contribution in [2.75, 3.05) is 7.05 Å². The molecule has 36 heavy (non-hydrogen) atoms. The van der Waals surface area contributed by atoms with E-state index in [1.807, 2.05) is 13.0 Å². The van der Waals surface area contributed by atoms with Crippen molar-refractivity contribution < 1.29 is 14.7 Å². The van der Waals surface area contributed by atoms with Crippen molar-refractivity contribution in [3.05, 3.63) is 87.1 Å². The van der Waals surface area contributed by atoms with Crippen LogP contribution in [0.25, 0.3) is 11.8 Å². The summed E-state index contributed by atoms with van der Waals surface area (Å²) in [6.07, 6.45) is 1.91. The summed E-state index contributed by atoms with van der Waals surface area (Å²) in [5.74, 6) is -1.14. The predicted octanol–water partition coefficient (Wildman–Crippen LogP) is 6.63. The number of carbonyl (C=O) groups is 2. The number of benzene rings is 2. The summed E-state index contributed by atoms with van der Waals surface area (Å²) < 4.78 is 2.20. The quantitative estimate of drug-likeness (QED) is 0.407. The molecule has 1 N–H and O–H groups in total. The van der Waals surface area contributed by atoms with Crippen LogP contribution in [0.15, 0.2) is 58.4 Å². The molecule has 0 spiro atoms. The number of carboxylic acids is 1. The van der Waals surface area contributed by atoms with Gasteiger partial charge in [0.05, 0.1) is 16.2 Å². The number of hydrogen-bond acceptors (Lipinski definition) is 4. The highest BCUT2D eigenvalue weighted by atomic mass is 32.2. The smallest absolute Gasteiger partial charge is 0.335 e. The summed E-state index contributed by atoms with van der Waals surface area (Å²) in [5, 5.41) is 9.83. The largest absolute Gasteiger partial charge is 0.478 e. The van der Waals surface area contributed by atoms with Crippen LogP contribution in [-0.4, -0.2) is 38.7 Å². The SMILES string of the molecule is Cc1ccc(C(=O)O)cc1N=C1S/C(=C\c2cc(C)n(-c3ccc(C(C)(C)C)cc3)c2C)C(=O)N1C. The molecule has 0 bridgehead atoms. The minimum Gasteiger partial charge on any atom is -0.478 e. The number of aryl methyl sites for hydroxylation is 2. The molecule has 1 amide bonds. The van der Waals surface area contributed by atoms with E-state index in [4.69, 9.17) is 0 Å². The fourth-order valence-corrected chi connectivity index (χ4v) is 5.17. The standard InChI is InChI=1S/C29H31N3O3S/c1-17-8-9-20(27(34)35)15-24(17)30-28-31(7)26(33)25(36-28)16-21-14-18(2)32(19(21)3)23-12-10-22(11-13-23)29(4,5)6/h8-16H,1-7H3,(H,34,35)/b25-16-,30-28?. The number of rotatable bonds is 4. The maximum Gasteiger partial charge on any atom is 0.335 e. The summed E-state index contributed by atoms with van der Waals surface area (Å²) in [6, 6.07) is 15.5. The van der Waals surface area contributed by atoms with Gasteiger partial charge in [0, 0.05) is 24.1 Å². The van der Waals surface area contributed by atoms with E-state index in [2.05, 4.69) is 74.5 Å². The minimum absolute atomic E-state index is 0.0910. The Bertz CT molecular complexity index is 1420. The van der Waals surface area contributed by atoms with Gasteiger partial charge in [-0.3, -0.25) is 9.69 Å². The van der Waals surface area contributed by atoms with Crippen molar-refractivity contribution in [1.82, 2.24) is 9.47 Å². The average Bonchev–Trinajstić information content (AvgIpc) is 3.24. The molecular formula is C29H31N3O3S. The molecular weight excluding hydrogens is 470 g/mol. The average molecular weight is 502 g/mol. The van der Waals surface area contributed by atoms with E-state index in [1.54, 1.807) is 19.2 Å². The number of nitrogens with zero attached hydrogens (tertiary/aromatic N) is 3. The first-order valence-corrected chi connectivity index (χ1v) is 12.6. The minimum atomic E-state index is -1.01. The van der Waals surface area contributed by atoms with Gasteiger partial charge in [-0.05, 0) is 91.0 Å². The first-order valence-electron chi connectivity index (χ1n) is 11.8.